The average molecular weight is 511 g/mol. The molecule has 0 aliphatic rings. The lowest BCUT2D eigenvalue weighted by atomic mass is 9.74. The van der Waals surface area contributed by atoms with Crippen LogP contribution in [0, 0.1) is 18.8 Å². The van der Waals surface area contributed by atoms with Crippen LogP contribution < -0.4 is 10.9 Å². The van der Waals surface area contributed by atoms with Crippen molar-refractivity contribution in [3.05, 3.63) is 106 Å². The minimum absolute atomic E-state index is 0.0581. The summed E-state index contributed by atoms with van der Waals surface area (Å²) in [5, 5.41) is 28.5. The molecule has 0 radical (unpaired) electrons. The van der Waals surface area contributed by atoms with Crippen molar-refractivity contribution >= 4 is 22.4 Å². The highest BCUT2D eigenvalue weighted by molar-refractivity contribution is 5.99. The molecule has 3 N–H and O–H groups in total. The van der Waals surface area contributed by atoms with E-state index in [9.17, 15) is 19.8 Å². The van der Waals surface area contributed by atoms with Crippen LogP contribution in [0.2, 0.25) is 0 Å². The Bertz CT molecular complexity index is 1560. The van der Waals surface area contributed by atoms with Crippen LogP contribution in [0.25, 0.3) is 10.8 Å². The Morgan fingerprint density at radius 2 is 1.74 bits per heavy atom. The van der Waals surface area contributed by atoms with Crippen molar-refractivity contribution in [2.75, 3.05) is 5.32 Å². The molecule has 194 valence electrons. The normalized spacial score (nSPS) is 12.9. The van der Waals surface area contributed by atoms with Gasteiger partial charge in [0.1, 0.15) is 0 Å². The molecule has 4 rings (SSSR count). The molecule has 0 saturated carbocycles. The molecule has 0 saturated heterocycles. The van der Waals surface area contributed by atoms with E-state index in [0.717, 1.165) is 11.1 Å². The topological polar surface area (TPSA) is 113 Å². The number of aromatic nitrogens is 1. The van der Waals surface area contributed by atoms with E-state index in [2.05, 4.69) is 22.3 Å². The van der Waals surface area contributed by atoms with E-state index in [-0.39, 0.29) is 19.4 Å². The maximum Gasteiger partial charge on any atom is 0.366 e. The van der Waals surface area contributed by atoms with Gasteiger partial charge in [-0.05, 0) is 60.2 Å². The second kappa shape index (κ2) is 11.0. The van der Waals surface area contributed by atoms with Crippen molar-refractivity contribution in [3.63, 3.8) is 0 Å². The van der Waals surface area contributed by atoms with Crippen molar-refractivity contribution in [1.29, 1.82) is 0 Å². The van der Waals surface area contributed by atoms with Crippen molar-refractivity contribution in [2.24, 2.45) is 0 Å². The monoisotopic (exact) mass is 510 g/mol. The molecule has 1 unspecified atom stereocenters. The predicted molar refractivity (Wildman–Crippen MR) is 147 cm³/mol. The van der Waals surface area contributed by atoms with E-state index < -0.39 is 22.5 Å². The van der Waals surface area contributed by atoms with Crippen LogP contribution in [0.15, 0.2) is 82.1 Å². The molecule has 4 aromatic rings. The summed E-state index contributed by atoms with van der Waals surface area (Å²) >= 11 is 0. The third kappa shape index (κ3) is 6.00. The fourth-order valence-corrected chi connectivity index (χ4v) is 4.49. The smallest absolute Gasteiger partial charge is 0.366 e. The Labute approximate surface area is 221 Å². The van der Waals surface area contributed by atoms with Crippen LogP contribution in [0.4, 0.5) is 5.69 Å². The second-order valence-corrected chi connectivity index (χ2v) is 10.1. The van der Waals surface area contributed by atoms with Gasteiger partial charge in [0.15, 0.2) is 5.60 Å². The highest BCUT2D eigenvalue weighted by Crippen LogP contribution is 2.35. The number of aliphatic hydroxyl groups is 2. The van der Waals surface area contributed by atoms with Gasteiger partial charge in [-0.3, -0.25) is 4.79 Å². The molecule has 1 amide bonds. The van der Waals surface area contributed by atoms with Crippen LogP contribution in [0.3, 0.4) is 0 Å². The van der Waals surface area contributed by atoms with Gasteiger partial charge in [-0.15, -0.1) is 0 Å². The summed E-state index contributed by atoms with van der Waals surface area (Å²) in [6.45, 7) is 5.60. The van der Waals surface area contributed by atoms with Crippen LogP contribution in [-0.4, -0.2) is 26.9 Å². The van der Waals surface area contributed by atoms with E-state index in [1.165, 1.54) is 0 Å². The van der Waals surface area contributed by atoms with Gasteiger partial charge < -0.3 is 20.1 Å². The number of nitrogens with one attached hydrogen (secondary N) is 1. The van der Waals surface area contributed by atoms with Crippen molar-refractivity contribution in [1.82, 2.24) is 5.16 Å². The lowest BCUT2D eigenvalue weighted by Crippen LogP contribution is -2.47. The first-order valence-corrected chi connectivity index (χ1v) is 12.3. The molecule has 1 heterocycles. The summed E-state index contributed by atoms with van der Waals surface area (Å²) in [5.41, 5.74) is 0.467. The van der Waals surface area contributed by atoms with Gasteiger partial charge >= 0.3 is 5.63 Å². The van der Waals surface area contributed by atoms with Crippen molar-refractivity contribution in [2.45, 2.75) is 51.2 Å². The lowest BCUT2D eigenvalue weighted by molar-refractivity contribution is -0.135. The molecule has 0 spiro atoms. The number of anilines is 1. The van der Waals surface area contributed by atoms with E-state index in [0.29, 0.717) is 27.7 Å². The number of rotatable bonds is 7. The molecule has 0 bridgehead atoms. The van der Waals surface area contributed by atoms with Crippen molar-refractivity contribution in [3.8, 4) is 11.8 Å². The van der Waals surface area contributed by atoms with E-state index in [1.807, 2.05) is 44.2 Å². The number of hydrogen-bond donors (Lipinski definition) is 3. The number of hydrogen-bond acceptors (Lipinski definition) is 6. The Balaban J connectivity index is 1.65. The maximum absolute atomic E-state index is 13.6. The molecule has 7 nitrogen and oxygen atoms in total. The Hall–Kier alpha value is -4.25. The predicted octanol–water partition coefficient (Wildman–Crippen LogP) is 4.47. The van der Waals surface area contributed by atoms with E-state index >= 15 is 0 Å². The summed E-state index contributed by atoms with van der Waals surface area (Å²) < 4.78 is 4.78. The molecule has 3 aromatic carbocycles. The highest BCUT2D eigenvalue weighted by atomic mass is 16.5. The zero-order chi connectivity index (χ0) is 27.3. The number of nitrogens with zero attached hydrogens (tertiary/aromatic N) is 1. The number of fused-ring (bicyclic) bond motifs is 1. The molecular formula is C31H30N2O5. The standard InChI is InChI=1S/C31H30N2O5/c1-21-27-18-25(15-16-26(27)28(35)38-33-21)32-29(36)31(37,20-30(2,3)24-9-5-4-6-10-24)17-7-8-22-11-13-23(19-34)14-12-22/h4-6,9-16,18,34,37H,17,19-20H2,1-3H3,(H,32,36). The summed E-state index contributed by atoms with van der Waals surface area (Å²) in [6, 6.07) is 21.6. The minimum Gasteiger partial charge on any atom is -0.392 e. The van der Waals surface area contributed by atoms with Gasteiger partial charge in [0.05, 0.1) is 17.7 Å². The van der Waals surface area contributed by atoms with Gasteiger partial charge in [0.25, 0.3) is 5.91 Å². The first-order valence-electron chi connectivity index (χ1n) is 12.3. The summed E-state index contributed by atoms with van der Waals surface area (Å²) in [4.78, 5) is 25.6. The van der Waals surface area contributed by atoms with E-state index in [4.69, 9.17) is 4.52 Å². The van der Waals surface area contributed by atoms with Crippen LogP contribution >= 0.6 is 0 Å². The van der Waals surface area contributed by atoms with Gasteiger partial charge in [0.2, 0.25) is 0 Å². The maximum atomic E-state index is 13.6. The van der Waals surface area contributed by atoms with E-state index in [1.54, 1.807) is 49.4 Å². The third-order valence-corrected chi connectivity index (χ3v) is 6.62. The molecule has 0 fully saturated rings. The van der Waals surface area contributed by atoms with Crippen molar-refractivity contribution < 1.29 is 19.5 Å². The second-order valence-electron chi connectivity index (χ2n) is 10.1. The molecule has 0 aliphatic carbocycles. The third-order valence-electron chi connectivity index (χ3n) is 6.62. The molecule has 38 heavy (non-hydrogen) atoms. The minimum atomic E-state index is -1.82. The van der Waals surface area contributed by atoms with Crippen LogP contribution in [0.5, 0.6) is 0 Å². The highest BCUT2D eigenvalue weighted by Gasteiger charge is 2.41. The Morgan fingerprint density at radius 3 is 2.42 bits per heavy atom. The Kier molecular flexibility index (Phi) is 7.77. The zero-order valence-corrected chi connectivity index (χ0v) is 21.6. The molecule has 1 aromatic heterocycles. The van der Waals surface area contributed by atoms with Gasteiger partial charge in [-0.2, -0.15) is 0 Å². The SMILES string of the molecule is Cc1noc(=O)c2ccc(NC(=O)C(O)(CC#Cc3ccc(CO)cc3)CC(C)(C)c3ccccc3)cc12. The number of aryl methyl sites for hydroxylation is 1. The number of benzene rings is 3. The molecule has 0 aliphatic heterocycles. The largest absolute Gasteiger partial charge is 0.392 e. The number of carbonyl (C=O) groups excluding carboxylic acids is 1. The molecular weight excluding hydrogens is 480 g/mol. The fourth-order valence-electron chi connectivity index (χ4n) is 4.49. The average Bonchev–Trinajstić information content (AvgIpc) is 2.91. The summed E-state index contributed by atoms with van der Waals surface area (Å²) in [7, 11) is 0. The number of amides is 1. The van der Waals surface area contributed by atoms with Gasteiger partial charge in [0, 0.05) is 23.1 Å². The lowest BCUT2D eigenvalue weighted by Gasteiger charge is -2.35. The number of carbonyl (C=O) groups is 1. The van der Waals surface area contributed by atoms with Crippen LogP contribution in [-0.2, 0) is 16.8 Å². The fraction of sp³-hybridized carbons (Fsp3) is 0.258. The molecule has 1 atom stereocenters. The zero-order valence-electron chi connectivity index (χ0n) is 21.6. The summed E-state index contributed by atoms with van der Waals surface area (Å²) in [5.74, 6) is 5.39. The Morgan fingerprint density at radius 1 is 1.03 bits per heavy atom. The first kappa shape index (κ1) is 26.8. The molecule has 7 heteroatoms. The quantitative estimate of drug-likeness (QED) is 0.316. The number of aliphatic hydroxyl groups excluding tert-OH is 1. The van der Waals surface area contributed by atoms with Crippen LogP contribution in [0.1, 0.15) is 49.1 Å². The van der Waals surface area contributed by atoms with Gasteiger partial charge in [-0.1, -0.05) is 73.3 Å². The first-order chi connectivity index (χ1) is 18.1. The summed E-state index contributed by atoms with van der Waals surface area (Å²) in [6.07, 6.45) is 0.0142. The van der Waals surface area contributed by atoms with Gasteiger partial charge in [-0.25, -0.2) is 4.79 Å².